The highest BCUT2D eigenvalue weighted by molar-refractivity contribution is 5.79. The Kier molecular flexibility index (Phi) is 5.50. The zero-order chi connectivity index (χ0) is 22.9. The average molecular weight is 443 g/mol. The van der Waals surface area contributed by atoms with Crippen molar-refractivity contribution in [2.24, 2.45) is 5.92 Å². The first-order chi connectivity index (χ1) is 16.1. The number of alkyl carbamates (subject to hydrolysis) is 1. The molecule has 0 heterocycles. The number of carbonyl (C=O) groups is 2. The number of fused-ring (bicyclic) bond motifs is 4. The summed E-state index contributed by atoms with van der Waals surface area (Å²) in [6.07, 6.45) is 0.464. The lowest BCUT2D eigenvalue weighted by atomic mass is 9.79. The number of amides is 1. The largest absolute Gasteiger partial charge is 0.497 e. The van der Waals surface area contributed by atoms with Crippen LogP contribution in [0, 0.1) is 5.92 Å². The van der Waals surface area contributed by atoms with Crippen LogP contribution in [0.4, 0.5) is 4.79 Å². The first-order valence-electron chi connectivity index (χ1n) is 11.1. The van der Waals surface area contributed by atoms with E-state index in [1.165, 1.54) is 0 Å². The second kappa shape index (κ2) is 8.62. The standard InChI is InChI=1S/C27H25NO5/c1-32-17-12-10-16-11-13-22(26(29)30)25(23(16)14-17)28-27(31)33-15-24-20-8-4-2-6-18(20)19-7-3-5-9-21(19)24/h2-10,12,14,22,24-25H,11,13,15H2,1H3,(H,28,31)(H,29,30)/t22-,25-/m0/s1. The summed E-state index contributed by atoms with van der Waals surface area (Å²) in [7, 11) is 1.56. The summed E-state index contributed by atoms with van der Waals surface area (Å²) < 4.78 is 11.0. The number of carboxylic acid groups (broad SMARTS) is 1. The van der Waals surface area contributed by atoms with Gasteiger partial charge in [-0.05, 0) is 58.4 Å². The smallest absolute Gasteiger partial charge is 0.407 e. The molecule has 168 valence electrons. The fourth-order valence-corrected chi connectivity index (χ4v) is 5.12. The zero-order valence-electron chi connectivity index (χ0n) is 18.3. The van der Waals surface area contributed by atoms with E-state index in [4.69, 9.17) is 9.47 Å². The van der Waals surface area contributed by atoms with E-state index < -0.39 is 24.0 Å². The Morgan fingerprint density at radius 3 is 2.27 bits per heavy atom. The molecule has 1 amide bonds. The Hall–Kier alpha value is -3.80. The SMILES string of the molecule is COc1ccc2c(c1)[C@@H](NC(=O)OCC1c3ccccc3-c3ccccc31)[C@@H](C(=O)O)CC2. The quantitative estimate of drug-likeness (QED) is 0.585. The number of ether oxygens (including phenoxy) is 2. The summed E-state index contributed by atoms with van der Waals surface area (Å²) in [6.45, 7) is 0.176. The van der Waals surface area contributed by atoms with E-state index in [0.29, 0.717) is 18.6 Å². The van der Waals surface area contributed by atoms with E-state index in [0.717, 1.165) is 33.4 Å². The number of carbonyl (C=O) groups excluding carboxylic acids is 1. The van der Waals surface area contributed by atoms with Gasteiger partial charge in [0.1, 0.15) is 12.4 Å². The molecule has 2 aliphatic carbocycles. The second-order valence-electron chi connectivity index (χ2n) is 8.50. The van der Waals surface area contributed by atoms with Gasteiger partial charge in [-0.15, -0.1) is 0 Å². The molecule has 2 aliphatic rings. The molecular formula is C27H25NO5. The van der Waals surface area contributed by atoms with Gasteiger partial charge in [0, 0.05) is 5.92 Å². The van der Waals surface area contributed by atoms with Crippen molar-refractivity contribution in [1.82, 2.24) is 5.32 Å². The molecule has 3 aromatic carbocycles. The van der Waals surface area contributed by atoms with Crippen molar-refractivity contribution >= 4 is 12.1 Å². The summed E-state index contributed by atoms with van der Waals surface area (Å²) in [5, 5.41) is 12.6. The Morgan fingerprint density at radius 2 is 1.64 bits per heavy atom. The third-order valence-electron chi connectivity index (χ3n) is 6.75. The van der Waals surface area contributed by atoms with Crippen LogP contribution in [-0.4, -0.2) is 30.9 Å². The van der Waals surface area contributed by atoms with Gasteiger partial charge in [0.05, 0.1) is 19.1 Å². The molecule has 2 N–H and O–H groups in total. The highest BCUT2D eigenvalue weighted by atomic mass is 16.5. The lowest BCUT2D eigenvalue weighted by molar-refractivity contribution is -0.143. The van der Waals surface area contributed by atoms with Crippen LogP contribution in [-0.2, 0) is 16.0 Å². The van der Waals surface area contributed by atoms with Crippen molar-refractivity contribution in [2.75, 3.05) is 13.7 Å². The number of hydrogen-bond acceptors (Lipinski definition) is 4. The minimum atomic E-state index is -0.938. The van der Waals surface area contributed by atoms with Crippen molar-refractivity contribution in [2.45, 2.75) is 24.8 Å². The van der Waals surface area contributed by atoms with E-state index in [2.05, 4.69) is 29.6 Å². The lowest BCUT2D eigenvalue weighted by Gasteiger charge is -2.31. The van der Waals surface area contributed by atoms with E-state index in [1.807, 2.05) is 36.4 Å². The van der Waals surface area contributed by atoms with Gasteiger partial charge >= 0.3 is 12.1 Å². The Labute approximate surface area is 192 Å². The summed E-state index contributed by atoms with van der Waals surface area (Å²) in [4.78, 5) is 24.8. The molecule has 0 saturated carbocycles. The van der Waals surface area contributed by atoms with Gasteiger partial charge in [0.2, 0.25) is 0 Å². The van der Waals surface area contributed by atoms with Crippen LogP contribution in [0.2, 0.25) is 0 Å². The topological polar surface area (TPSA) is 84.9 Å². The molecule has 0 spiro atoms. The molecule has 0 radical (unpaired) electrons. The second-order valence-corrected chi connectivity index (χ2v) is 8.50. The zero-order valence-corrected chi connectivity index (χ0v) is 18.3. The van der Waals surface area contributed by atoms with E-state index in [1.54, 1.807) is 13.2 Å². The maximum absolute atomic E-state index is 12.9. The normalized spacial score (nSPS) is 18.6. The summed E-state index contributed by atoms with van der Waals surface area (Å²) >= 11 is 0. The van der Waals surface area contributed by atoms with E-state index >= 15 is 0 Å². The van der Waals surface area contributed by atoms with Gasteiger partial charge in [-0.1, -0.05) is 54.6 Å². The molecule has 0 fully saturated rings. The first kappa shape index (κ1) is 21.1. The Morgan fingerprint density at radius 1 is 0.970 bits per heavy atom. The minimum Gasteiger partial charge on any atom is -0.497 e. The number of aryl methyl sites for hydroxylation is 1. The van der Waals surface area contributed by atoms with E-state index in [-0.39, 0.29) is 12.5 Å². The van der Waals surface area contributed by atoms with Gasteiger partial charge in [0.25, 0.3) is 0 Å². The van der Waals surface area contributed by atoms with Crippen molar-refractivity contribution < 1.29 is 24.2 Å². The summed E-state index contributed by atoms with van der Waals surface area (Å²) in [6, 6.07) is 21.2. The van der Waals surface area contributed by atoms with Crippen LogP contribution in [0.5, 0.6) is 5.75 Å². The van der Waals surface area contributed by atoms with Crippen molar-refractivity contribution in [3.05, 3.63) is 89.0 Å². The molecule has 0 saturated heterocycles. The monoisotopic (exact) mass is 443 g/mol. The highest BCUT2D eigenvalue weighted by Crippen LogP contribution is 2.44. The fraction of sp³-hybridized carbons (Fsp3) is 0.259. The third kappa shape index (κ3) is 3.82. The van der Waals surface area contributed by atoms with Gasteiger partial charge in [-0.25, -0.2) is 4.79 Å². The molecule has 6 nitrogen and oxygen atoms in total. The number of benzene rings is 3. The maximum atomic E-state index is 12.9. The number of nitrogens with one attached hydrogen (secondary N) is 1. The molecule has 2 atom stereocenters. The van der Waals surface area contributed by atoms with Gasteiger partial charge in [-0.2, -0.15) is 0 Å². The number of carboxylic acids is 1. The lowest BCUT2D eigenvalue weighted by Crippen LogP contribution is -2.40. The molecule has 0 unspecified atom stereocenters. The predicted molar refractivity (Wildman–Crippen MR) is 123 cm³/mol. The molecule has 0 aliphatic heterocycles. The molecule has 0 aromatic heterocycles. The van der Waals surface area contributed by atoms with Crippen molar-refractivity contribution in [3.8, 4) is 16.9 Å². The van der Waals surface area contributed by atoms with Crippen LogP contribution in [0.1, 0.15) is 40.6 Å². The molecule has 0 bridgehead atoms. The van der Waals surface area contributed by atoms with Crippen LogP contribution in [0.25, 0.3) is 11.1 Å². The van der Waals surface area contributed by atoms with Crippen molar-refractivity contribution in [1.29, 1.82) is 0 Å². The van der Waals surface area contributed by atoms with Crippen LogP contribution < -0.4 is 10.1 Å². The van der Waals surface area contributed by atoms with Crippen LogP contribution in [0.3, 0.4) is 0 Å². The van der Waals surface area contributed by atoms with E-state index in [9.17, 15) is 14.7 Å². The van der Waals surface area contributed by atoms with Crippen LogP contribution in [0.15, 0.2) is 66.7 Å². The summed E-state index contributed by atoms with van der Waals surface area (Å²) in [5.74, 6) is -1.10. The predicted octanol–water partition coefficient (Wildman–Crippen LogP) is 4.92. The van der Waals surface area contributed by atoms with Gasteiger partial charge in [-0.3, -0.25) is 4.79 Å². The molecule has 5 rings (SSSR count). The van der Waals surface area contributed by atoms with Gasteiger partial charge < -0.3 is 19.9 Å². The van der Waals surface area contributed by atoms with Gasteiger partial charge in [0.15, 0.2) is 0 Å². The third-order valence-corrected chi connectivity index (χ3v) is 6.75. The number of hydrogen-bond donors (Lipinski definition) is 2. The maximum Gasteiger partial charge on any atom is 0.407 e. The fourth-order valence-electron chi connectivity index (χ4n) is 5.12. The molecule has 3 aromatic rings. The highest BCUT2D eigenvalue weighted by Gasteiger charge is 2.36. The van der Waals surface area contributed by atoms with Crippen molar-refractivity contribution in [3.63, 3.8) is 0 Å². The number of aliphatic carboxylic acids is 1. The molecule has 33 heavy (non-hydrogen) atoms. The first-order valence-corrected chi connectivity index (χ1v) is 11.1. The van der Waals surface area contributed by atoms with Crippen LogP contribution >= 0.6 is 0 Å². The average Bonchev–Trinajstić information content (AvgIpc) is 3.16. The molecular weight excluding hydrogens is 418 g/mol. The number of methoxy groups -OCH3 is 1. The summed E-state index contributed by atoms with van der Waals surface area (Å²) in [5.41, 5.74) is 6.34. The Balaban J connectivity index is 1.36. The minimum absolute atomic E-state index is 0.0582. The molecule has 6 heteroatoms. The number of rotatable bonds is 5. The Bertz CT molecular complexity index is 1180.